The fraction of sp³-hybridized carbons (Fsp3) is 0.370. The van der Waals surface area contributed by atoms with Gasteiger partial charge in [-0.1, -0.05) is 24.3 Å². The number of hydrogen-bond donors (Lipinski definition) is 0. The molecule has 0 bridgehead atoms. The highest BCUT2D eigenvalue weighted by Gasteiger charge is 2.34. The van der Waals surface area contributed by atoms with E-state index in [0.717, 1.165) is 53.3 Å². The van der Waals surface area contributed by atoms with Crippen molar-refractivity contribution in [1.29, 1.82) is 0 Å². The molecule has 1 fully saturated rings. The van der Waals surface area contributed by atoms with Gasteiger partial charge in [-0.15, -0.1) is 11.3 Å². The second kappa shape index (κ2) is 12.6. The molecule has 6 nitrogen and oxygen atoms in total. The van der Waals surface area contributed by atoms with Gasteiger partial charge in [0.15, 0.2) is 0 Å². The van der Waals surface area contributed by atoms with Crippen molar-refractivity contribution >= 4 is 27.3 Å². The average Bonchev–Trinajstić information content (AvgIpc) is 3.61. The van der Waals surface area contributed by atoms with E-state index in [-0.39, 0.29) is 19.6 Å². The van der Waals surface area contributed by atoms with Crippen molar-refractivity contribution in [3.8, 4) is 0 Å². The van der Waals surface area contributed by atoms with Crippen LogP contribution in [0.2, 0.25) is 0 Å². The van der Waals surface area contributed by atoms with Crippen LogP contribution < -0.4 is 0 Å². The van der Waals surface area contributed by atoms with Crippen LogP contribution in [0.4, 0.5) is 17.6 Å². The fourth-order valence-electron chi connectivity index (χ4n) is 4.41. The van der Waals surface area contributed by atoms with Gasteiger partial charge in [0.1, 0.15) is 5.82 Å². The number of nitrogens with zero attached hydrogens (tertiary/aromatic N) is 3. The number of carbonyl (C=O) groups excluding carboxylic acids is 1. The number of halogens is 4. The molecule has 3 aromatic rings. The molecule has 2 heterocycles. The Hall–Kier alpha value is -2.80. The SMILES string of the molecule is O=C(CN(CCN1CCCC1)S(=O)(=O)c1cccc(C(F)(F)F)c1)N(Cc1ccc(F)cc1)Cc1cccs1. The molecule has 2 aromatic carbocycles. The summed E-state index contributed by atoms with van der Waals surface area (Å²) in [5.41, 5.74) is -0.421. The molecule has 0 N–H and O–H groups in total. The maximum Gasteiger partial charge on any atom is 0.416 e. The maximum absolute atomic E-state index is 13.6. The molecule has 0 radical (unpaired) electrons. The smallest absolute Gasteiger partial charge is 0.332 e. The molecule has 1 aliphatic heterocycles. The van der Waals surface area contributed by atoms with Crippen molar-refractivity contribution < 1.29 is 30.8 Å². The van der Waals surface area contributed by atoms with Crippen LogP contribution in [0.1, 0.15) is 28.8 Å². The zero-order chi connectivity index (χ0) is 28.0. The summed E-state index contributed by atoms with van der Waals surface area (Å²) in [4.78, 5) is 17.5. The van der Waals surface area contributed by atoms with Gasteiger partial charge in [-0.3, -0.25) is 4.79 Å². The first-order chi connectivity index (χ1) is 18.5. The largest absolute Gasteiger partial charge is 0.416 e. The molecule has 1 aliphatic rings. The van der Waals surface area contributed by atoms with Crippen molar-refractivity contribution in [2.24, 2.45) is 0 Å². The lowest BCUT2D eigenvalue weighted by atomic mass is 10.2. The quantitative estimate of drug-likeness (QED) is 0.291. The number of likely N-dealkylation sites (tertiary alicyclic amines) is 1. The second-order valence-electron chi connectivity index (χ2n) is 9.37. The summed E-state index contributed by atoms with van der Waals surface area (Å²) in [5, 5.41) is 1.86. The number of thiophene rings is 1. The first-order valence-corrected chi connectivity index (χ1v) is 14.8. The fourth-order valence-corrected chi connectivity index (χ4v) is 6.56. The van der Waals surface area contributed by atoms with Gasteiger partial charge in [0.25, 0.3) is 0 Å². The zero-order valence-corrected chi connectivity index (χ0v) is 22.7. The average molecular weight is 584 g/mol. The summed E-state index contributed by atoms with van der Waals surface area (Å²) in [6.07, 6.45) is -2.76. The molecule has 0 saturated carbocycles. The molecule has 0 atom stereocenters. The summed E-state index contributed by atoms with van der Waals surface area (Å²) in [6.45, 7) is 1.67. The highest BCUT2D eigenvalue weighted by Crippen LogP contribution is 2.31. The minimum atomic E-state index is -4.71. The number of sulfonamides is 1. The van der Waals surface area contributed by atoms with Crippen molar-refractivity contribution in [2.45, 2.75) is 37.0 Å². The van der Waals surface area contributed by atoms with E-state index in [1.807, 2.05) is 17.5 Å². The molecule has 1 amide bonds. The van der Waals surface area contributed by atoms with E-state index >= 15 is 0 Å². The Labute approximate surface area is 229 Å². The molecule has 0 aliphatic carbocycles. The van der Waals surface area contributed by atoms with Gasteiger partial charge in [0.2, 0.25) is 15.9 Å². The Balaban J connectivity index is 1.61. The first kappa shape index (κ1) is 29.2. The molecule has 1 aromatic heterocycles. The maximum atomic E-state index is 13.6. The molecule has 4 rings (SSSR count). The lowest BCUT2D eigenvalue weighted by Crippen LogP contribution is -2.45. The predicted octanol–water partition coefficient (Wildman–Crippen LogP) is 5.22. The summed E-state index contributed by atoms with van der Waals surface area (Å²) >= 11 is 1.43. The standard InChI is InChI=1S/C27H29F4N3O3S2/c28-23-10-8-21(9-11-23)18-33(19-24-6-4-16-38-24)26(35)20-34(15-14-32-12-1-2-13-32)39(36,37)25-7-3-5-22(17-25)27(29,30)31/h3-11,16-17H,1-2,12-15,18-20H2. The van der Waals surface area contributed by atoms with Crippen molar-refractivity contribution in [3.05, 3.63) is 87.9 Å². The summed E-state index contributed by atoms with van der Waals surface area (Å²) < 4.78 is 81.7. The molecule has 12 heteroatoms. The van der Waals surface area contributed by atoms with Crippen LogP contribution in [0, 0.1) is 5.82 Å². The van der Waals surface area contributed by atoms with Gasteiger partial charge in [-0.2, -0.15) is 17.5 Å². The minimum Gasteiger partial charge on any atom is -0.332 e. The van der Waals surface area contributed by atoms with Crippen LogP contribution in [0.5, 0.6) is 0 Å². The van der Waals surface area contributed by atoms with Crippen molar-refractivity contribution in [3.63, 3.8) is 0 Å². The Bertz CT molecular complexity index is 1340. The van der Waals surface area contributed by atoms with Gasteiger partial charge >= 0.3 is 6.18 Å². The molecule has 0 unspecified atom stereocenters. The number of hydrogen-bond acceptors (Lipinski definition) is 5. The monoisotopic (exact) mass is 583 g/mol. The van der Waals surface area contributed by atoms with Crippen LogP contribution in [-0.2, 0) is 34.1 Å². The molecule has 1 saturated heterocycles. The van der Waals surface area contributed by atoms with Gasteiger partial charge in [-0.05, 0) is 73.3 Å². The van der Waals surface area contributed by atoms with Gasteiger partial charge in [-0.25, -0.2) is 12.8 Å². The molecule has 210 valence electrons. The van der Waals surface area contributed by atoms with Crippen LogP contribution in [-0.4, -0.2) is 61.2 Å². The Kier molecular flexibility index (Phi) is 9.42. The van der Waals surface area contributed by atoms with E-state index in [9.17, 15) is 30.8 Å². The predicted molar refractivity (Wildman–Crippen MR) is 141 cm³/mol. The summed E-state index contributed by atoms with van der Waals surface area (Å²) in [6, 6.07) is 12.9. The van der Waals surface area contributed by atoms with Crippen molar-refractivity contribution in [1.82, 2.24) is 14.1 Å². The van der Waals surface area contributed by atoms with E-state index in [1.165, 1.54) is 28.4 Å². The number of amides is 1. The van der Waals surface area contributed by atoms with E-state index in [4.69, 9.17) is 0 Å². The van der Waals surface area contributed by atoms with Crippen LogP contribution >= 0.6 is 11.3 Å². The van der Waals surface area contributed by atoms with E-state index in [0.29, 0.717) is 18.2 Å². The van der Waals surface area contributed by atoms with Crippen LogP contribution in [0.15, 0.2) is 70.9 Å². The van der Waals surface area contributed by atoms with E-state index < -0.39 is 44.9 Å². The third-order valence-electron chi connectivity index (χ3n) is 6.54. The summed E-state index contributed by atoms with van der Waals surface area (Å²) in [5.74, 6) is -0.931. The third kappa shape index (κ3) is 7.87. The highest BCUT2D eigenvalue weighted by molar-refractivity contribution is 7.89. The molecular weight excluding hydrogens is 554 g/mol. The summed E-state index contributed by atoms with van der Waals surface area (Å²) in [7, 11) is -4.43. The Morgan fingerprint density at radius 3 is 2.33 bits per heavy atom. The third-order valence-corrected chi connectivity index (χ3v) is 9.24. The topological polar surface area (TPSA) is 60.9 Å². The molecule has 39 heavy (non-hydrogen) atoms. The highest BCUT2D eigenvalue weighted by atomic mass is 32.2. The lowest BCUT2D eigenvalue weighted by Gasteiger charge is -2.28. The van der Waals surface area contributed by atoms with Gasteiger partial charge < -0.3 is 9.80 Å². The molecular formula is C27H29F4N3O3S2. The number of carbonyl (C=O) groups is 1. The normalized spacial score (nSPS) is 14.7. The second-order valence-corrected chi connectivity index (χ2v) is 12.3. The number of benzene rings is 2. The minimum absolute atomic E-state index is 0.0479. The number of alkyl halides is 3. The van der Waals surface area contributed by atoms with Gasteiger partial charge in [0.05, 0.1) is 23.5 Å². The van der Waals surface area contributed by atoms with Crippen LogP contribution in [0.25, 0.3) is 0 Å². The van der Waals surface area contributed by atoms with Gasteiger partial charge in [0, 0.05) is 24.5 Å². The first-order valence-electron chi connectivity index (χ1n) is 12.5. The van der Waals surface area contributed by atoms with E-state index in [1.54, 1.807) is 12.1 Å². The molecule has 0 spiro atoms. The van der Waals surface area contributed by atoms with Crippen LogP contribution in [0.3, 0.4) is 0 Å². The Morgan fingerprint density at radius 2 is 1.69 bits per heavy atom. The lowest BCUT2D eigenvalue weighted by molar-refractivity contribution is -0.137. The zero-order valence-electron chi connectivity index (χ0n) is 21.1. The number of rotatable bonds is 11. The van der Waals surface area contributed by atoms with E-state index in [2.05, 4.69) is 4.90 Å². The van der Waals surface area contributed by atoms with Crippen molar-refractivity contribution in [2.75, 3.05) is 32.7 Å². The Morgan fingerprint density at radius 1 is 0.974 bits per heavy atom.